The molecule has 0 radical (unpaired) electrons. The van der Waals surface area contributed by atoms with Crippen molar-refractivity contribution < 1.29 is 28.2 Å². The van der Waals surface area contributed by atoms with Gasteiger partial charge in [-0.2, -0.15) is 8.78 Å². The molecule has 166 valence electrons. The van der Waals surface area contributed by atoms with Crippen molar-refractivity contribution in [3.05, 3.63) is 69.7 Å². The van der Waals surface area contributed by atoms with Crippen molar-refractivity contribution in [2.75, 3.05) is 4.90 Å². The van der Waals surface area contributed by atoms with Gasteiger partial charge < -0.3 is 14.7 Å². The number of nitrogens with zero attached hydrogens (tertiary/aromatic N) is 1. The fourth-order valence-electron chi connectivity index (χ4n) is 4.29. The van der Waals surface area contributed by atoms with Gasteiger partial charge in [-0.1, -0.05) is 55.3 Å². The molecule has 0 aromatic heterocycles. The third kappa shape index (κ3) is 3.88. The van der Waals surface area contributed by atoms with Gasteiger partial charge in [0.2, 0.25) is 0 Å². The Kier molecular flexibility index (Phi) is 6.02. The van der Waals surface area contributed by atoms with Gasteiger partial charge >= 0.3 is 12.6 Å². The van der Waals surface area contributed by atoms with Crippen LogP contribution in [0.1, 0.15) is 40.4 Å². The first kappa shape index (κ1) is 22.0. The Morgan fingerprint density at radius 1 is 1.22 bits per heavy atom. The number of carbonyl (C=O) groups excluding carboxylic acids is 1. The molecule has 0 bridgehead atoms. The van der Waals surface area contributed by atoms with E-state index in [-0.39, 0.29) is 29.3 Å². The van der Waals surface area contributed by atoms with Crippen molar-refractivity contribution in [3.63, 3.8) is 0 Å². The minimum atomic E-state index is -3.08. The van der Waals surface area contributed by atoms with Crippen molar-refractivity contribution in [1.82, 2.24) is 0 Å². The number of carboxylic acid groups (broad SMARTS) is 1. The molecule has 0 fully saturated rings. The molecule has 3 aromatic rings. The Labute approximate surface area is 188 Å². The van der Waals surface area contributed by atoms with Crippen LogP contribution in [-0.4, -0.2) is 23.6 Å². The van der Waals surface area contributed by atoms with E-state index in [4.69, 9.17) is 21.4 Å². The first-order chi connectivity index (χ1) is 15.3. The lowest BCUT2D eigenvalue weighted by atomic mass is 9.92. The van der Waals surface area contributed by atoms with Crippen molar-refractivity contribution in [2.45, 2.75) is 39.3 Å². The maximum Gasteiger partial charge on any atom is 0.387 e. The Hall–Kier alpha value is -3.19. The average molecular weight is 460 g/mol. The van der Waals surface area contributed by atoms with Crippen LogP contribution in [0.3, 0.4) is 0 Å². The predicted molar refractivity (Wildman–Crippen MR) is 118 cm³/mol. The molecule has 0 unspecified atom stereocenters. The largest absolute Gasteiger partial charge is 0.481 e. The second kappa shape index (κ2) is 8.74. The molecule has 0 atom stereocenters. The highest BCUT2D eigenvalue weighted by Crippen LogP contribution is 2.44. The second-order valence-corrected chi connectivity index (χ2v) is 7.99. The molecule has 8 heteroatoms. The molecular formula is C24H20ClF2NO4. The van der Waals surface area contributed by atoms with E-state index in [0.717, 1.165) is 17.4 Å². The number of hydrogen-bond acceptors (Lipinski definition) is 3. The highest BCUT2D eigenvalue weighted by Gasteiger charge is 2.37. The van der Waals surface area contributed by atoms with Crippen LogP contribution in [0, 0.1) is 0 Å². The van der Waals surface area contributed by atoms with Crippen molar-refractivity contribution in [2.24, 2.45) is 0 Å². The molecule has 1 amide bonds. The van der Waals surface area contributed by atoms with E-state index >= 15 is 0 Å². The molecular weight excluding hydrogens is 440 g/mol. The number of fused-ring (bicyclic) bond motifs is 2. The number of hydrogen-bond donors (Lipinski definition) is 1. The van der Waals surface area contributed by atoms with Crippen LogP contribution in [0.25, 0.3) is 10.8 Å². The molecule has 1 aliphatic rings. The first-order valence-corrected chi connectivity index (χ1v) is 10.5. The zero-order valence-electron chi connectivity index (χ0n) is 17.2. The van der Waals surface area contributed by atoms with Gasteiger partial charge in [-0.25, -0.2) is 0 Å². The lowest BCUT2D eigenvalue weighted by Crippen LogP contribution is -2.24. The number of halogens is 3. The maximum absolute atomic E-state index is 13.5. The molecule has 0 aliphatic carbocycles. The van der Waals surface area contributed by atoms with Gasteiger partial charge in [0.15, 0.2) is 0 Å². The summed E-state index contributed by atoms with van der Waals surface area (Å²) in [5.74, 6) is -1.61. The molecule has 1 heterocycles. The van der Waals surface area contributed by atoms with Crippen LogP contribution in [0.15, 0.2) is 42.5 Å². The summed E-state index contributed by atoms with van der Waals surface area (Å²) < 4.78 is 31.5. The van der Waals surface area contributed by atoms with Gasteiger partial charge in [0.05, 0.1) is 29.2 Å². The highest BCUT2D eigenvalue weighted by molar-refractivity contribution is 6.34. The second-order valence-electron chi connectivity index (χ2n) is 7.58. The van der Waals surface area contributed by atoms with Gasteiger partial charge in [0, 0.05) is 5.39 Å². The molecule has 1 aliphatic heterocycles. The topological polar surface area (TPSA) is 66.8 Å². The SMILES string of the molecule is CCCc1c2c(c(OC(F)F)c3ccccc13)C(=O)N(c1ccc(CC(=O)O)cc1Cl)C2. The Morgan fingerprint density at radius 3 is 2.56 bits per heavy atom. The van der Waals surface area contributed by atoms with E-state index in [1.807, 2.05) is 19.1 Å². The number of amides is 1. The number of anilines is 1. The van der Waals surface area contributed by atoms with Crippen LogP contribution >= 0.6 is 11.6 Å². The maximum atomic E-state index is 13.5. The third-order valence-electron chi connectivity index (χ3n) is 5.53. The standard InChI is InChI=1S/C24H20ClF2NO4/c1-2-5-14-15-6-3-4-7-16(15)22(32-24(26)27)21-17(14)12-28(23(21)31)19-9-8-13(10-18(19)25)11-20(29)30/h3-4,6-10,24H,2,5,11-12H2,1H3,(H,29,30). The minimum absolute atomic E-state index is 0.123. The molecule has 0 saturated heterocycles. The summed E-state index contributed by atoms with van der Waals surface area (Å²) in [6, 6.07) is 11.7. The molecule has 5 nitrogen and oxygen atoms in total. The van der Waals surface area contributed by atoms with E-state index in [2.05, 4.69) is 0 Å². The zero-order valence-corrected chi connectivity index (χ0v) is 18.0. The van der Waals surface area contributed by atoms with Crippen LogP contribution in [0.4, 0.5) is 14.5 Å². The predicted octanol–water partition coefficient (Wildman–Crippen LogP) is 5.83. The van der Waals surface area contributed by atoms with E-state index in [1.54, 1.807) is 24.3 Å². The number of ether oxygens (including phenoxy) is 1. The summed E-state index contributed by atoms with van der Waals surface area (Å²) in [6.45, 7) is -0.913. The molecule has 0 spiro atoms. The number of carbonyl (C=O) groups is 2. The van der Waals surface area contributed by atoms with Gasteiger partial charge in [0.1, 0.15) is 5.75 Å². The fraction of sp³-hybridized carbons (Fsp3) is 0.250. The summed E-state index contributed by atoms with van der Waals surface area (Å²) in [7, 11) is 0. The monoisotopic (exact) mass is 459 g/mol. The van der Waals surface area contributed by atoms with Gasteiger partial charge in [-0.3, -0.25) is 9.59 Å². The number of rotatable bonds is 7. The summed E-state index contributed by atoms with van der Waals surface area (Å²) in [5, 5.41) is 10.4. The minimum Gasteiger partial charge on any atom is -0.481 e. The van der Waals surface area contributed by atoms with Crippen LogP contribution in [-0.2, 0) is 24.2 Å². The zero-order chi connectivity index (χ0) is 23.0. The van der Waals surface area contributed by atoms with Crippen molar-refractivity contribution >= 4 is 39.9 Å². The number of aryl methyl sites for hydroxylation is 1. The molecule has 3 aromatic carbocycles. The quantitative estimate of drug-likeness (QED) is 0.482. The van der Waals surface area contributed by atoms with E-state index in [9.17, 15) is 18.4 Å². The van der Waals surface area contributed by atoms with Crippen molar-refractivity contribution in [1.29, 1.82) is 0 Å². The van der Waals surface area contributed by atoms with Crippen LogP contribution < -0.4 is 9.64 Å². The summed E-state index contributed by atoms with van der Waals surface area (Å²) >= 11 is 6.39. The summed E-state index contributed by atoms with van der Waals surface area (Å²) in [4.78, 5) is 25.9. The lowest BCUT2D eigenvalue weighted by Gasteiger charge is -2.18. The fourth-order valence-corrected chi connectivity index (χ4v) is 4.60. The van der Waals surface area contributed by atoms with Crippen molar-refractivity contribution in [3.8, 4) is 5.75 Å². The molecule has 32 heavy (non-hydrogen) atoms. The van der Waals surface area contributed by atoms with E-state index in [1.165, 1.54) is 11.0 Å². The van der Waals surface area contributed by atoms with E-state index in [0.29, 0.717) is 28.6 Å². The summed E-state index contributed by atoms with van der Waals surface area (Å²) in [5.41, 5.74) is 2.58. The number of alkyl halides is 2. The van der Waals surface area contributed by atoms with Crippen LogP contribution in [0.2, 0.25) is 5.02 Å². The number of benzene rings is 3. The normalized spacial score (nSPS) is 13.2. The first-order valence-electron chi connectivity index (χ1n) is 10.1. The highest BCUT2D eigenvalue weighted by atomic mass is 35.5. The number of carboxylic acids is 1. The number of aliphatic carboxylic acids is 1. The van der Waals surface area contributed by atoms with Gasteiger partial charge in [-0.05, 0) is 40.6 Å². The van der Waals surface area contributed by atoms with Gasteiger partial charge in [-0.15, -0.1) is 0 Å². The third-order valence-corrected chi connectivity index (χ3v) is 5.83. The molecule has 4 rings (SSSR count). The lowest BCUT2D eigenvalue weighted by molar-refractivity contribution is -0.136. The average Bonchev–Trinajstić information content (AvgIpc) is 3.07. The Balaban J connectivity index is 1.88. The summed E-state index contributed by atoms with van der Waals surface area (Å²) in [6.07, 6.45) is 1.28. The smallest absolute Gasteiger partial charge is 0.387 e. The van der Waals surface area contributed by atoms with Gasteiger partial charge in [0.25, 0.3) is 5.91 Å². The molecule has 1 N–H and O–H groups in total. The van der Waals surface area contributed by atoms with Crippen LogP contribution in [0.5, 0.6) is 5.75 Å². The Bertz CT molecular complexity index is 1230. The van der Waals surface area contributed by atoms with E-state index < -0.39 is 18.5 Å². The molecule has 0 saturated carbocycles. The Morgan fingerprint density at radius 2 is 1.94 bits per heavy atom.